The van der Waals surface area contributed by atoms with Crippen molar-refractivity contribution in [1.82, 2.24) is 39.9 Å². The normalized spacial score (nSPS) is 11.6. The zero-order chi connectivity index (χ0) is 66.7. The molecule has 4 aromatic carbocycles. The lowest BCUT2D eigenvalue weighted by Gasteiger charge is -2.21. The summed E-state index contributed by atoms with van der Waals surface area (Å²) in [5.41, 5.74) is 14.5. The summed E-state index contributed by atoms with van der Waals surface area (Å²) in [5.74, 6) is -0.868. The van der Waals surface area contributed by atoms with E-state index in [9.17, 15) is 19.2 Å². The van der Waals surface area contributed by atoms with Crippen molar-refractivity contribution in [2.75, 3.05) is 45.8 Å². The number of hydrogen-bond donors (Lipinski definition) is 2. The Hall–Kier alpha value is -10.1. The van der Waals surface area contributed by atoms with Gasteiger partial charge in [-0.2, -0.15) is 0 Å². The number of pyridine rings is 4. The number of amides is 4. The number of carbonyl (C=O) groups is 4. The van der Waals surface area contributed by atoms with Gasteiger partial charge < -0.3 is 29.6 Å². The Kier molecular flexibility index (Phi) is 18.9. The Morgan fingerprint density at radius 2 is 0.521 bits per heavy atom. The van der Waals surface area contributed by atoms with E-state index in [1.807, 2.05) is 173 Å². The number of aromatic nitrogens is 8. The van der Waals surface area contributed by atoms with Crippen LogP contribution in [0.25, 0.3) is 90.9 Å². The van der Waals surface area contributed by atoms with E-state index < -0.39 is 0 Å². The predicted octanol–water partition coefficient (Wildman–Crippen LogP) is 18.6. The molecule has 4 amide bonds. The molecular weight excluding hydrogens is 1460 g/mol. The van der Waals surface area contributed by atoms with E-state index in [0.29, 0.717) is 178 Å². The molecule has 0 unspecified atom stereocenters. The fourth-order valence-electron chi connectivity index (χ4n) is 12.2. The number of hydrogen-bond acceptors (Lipinski definition) is 10. The van der Waals surface area contributed by atoms with E-state index in [-0.39, 0.29) is 23.6 Å². The average Bonchev–Trinajstić information content (AvgIpc) is 1.58. The molecule has 20 heteroatoms. The fraction of sp³-hybridized carbons (Fsp3) is 0.105. The van der Waals surface area contributed by atoms with Gasteiger partial charge in [-0.1, -0.05) is 63.7 Å². The molecule has 2 N–H and O–H groups in total. The number of carbonyl (C=O) groups excluding carboxylic acids is 4. The van der Waals surface area contributed by atoms with Gasteiger partial charge in [0, 0.05) is 205 Å². The summed E-state index contributed by atoms with van der Waals surface area (Å²) in [6, 6.07) is 44.7. The summed E-state index contributed by atoms with van der Waals surface area (Å²) in [7, 11) is 0. The average molecular weight is 1520 g/mol. The molecule has 11 aromatic rings. The van der Waals surface area contributed by atoms with Gasteiger partial charge in [-0.3, -0.25) is 39.1 Å². The SMILES string of the molecule is CCN(C(=O)c1ccc(Br)c(-c2c3nc(c(-c4cc(C(=O)N(CC)c5ccncc5)ccc4Br)c4ccc([nH]4)c(-c4cc(C(=O)N(CC)c5ccncc5)ccc4Br)c4nc(c(-c5cc(C(=O)N(CC)c6ccncc6)ccc5Br)c5ccc2[nH]5)C=C4)C=C3)c1)c1ccncc1. The van der Waals surface area contributed by atoms with Crippen LogP contribution in [-0.4, -0.2) is 89.7 Å². The summed E-state index contributed by atoms with van der Waals surface area (Å²) in [6.45, 7) is 9.32. The van der Waals surface area contributed by atoms with Crippen molar-refractivity contribution in [3.8, 4) is 44.5 Å². The molecule has 0 fully saturated rings. The zero-order valence-electron chi connectivity index (χ0n) is 52.2. The van der Waals surface area contributed by atoms with Crippen LogP contribution in [0.3, 0.4) is 0 Å². The van der Waals surface area contributed by atoms with Crippen molar-refractivity contribution in [3.05, 3.63) is 258 Å². The Balaban J connectivity index is 1.13. The summed E-state index contributed by atoms with van der Waals surface area (Å²) >= 11 is 15.8. The molecule has 13 rings (SSSR count). The molecule has 0 saturated heterocycles. The van der Waals surface area contributed by atoms with Gasteiger partial charge in [-0.25, -0.2) is 9.97 Å². The van der Waals surface area contributed by atoms with Crippen molar-refractivity contribution < 1.29 is 19.2 Å². The van der Waals surface area contributed by atoms with E-state index in [1.165, 1.54) is 0 Å². The molecule has 16 nitrogen and oxygen atoms in total. The molecule has 0 spiro atoms. The van der Waals surface area contributed by atoms with Gasteiger partial charge in [0.15, 0.2) is 0 Å². The number of aromatic amines is 2. The summed E-state index contributed by atoms with van der Waals surface area (Å²) in [4.78, 5) is 102. The van der Waals surface area contributed by atoms with Gasteiger partial charge in [-0.05, 0) is 198 Å². The van der Waals surface area contributed by atoms with E-state index in [2.05, 4.69) is 93.6 Å². The lowest BCUT2D eigenvalue weighted by atomic mass is 10.0. The topological polar surface area (TPSA) is 190 Å². The number of nitrogens with zero attached hydrogens (tertiary/aromatic N) is 10. The molecule has 2 aliphatic rings. The highest BCUT2D eigenvalue weighted by atomic mass is 79.9. The largest absolute Gasteiger partial charge is 0.354 e. The van der Waals surface area contributed by atoms with Gasteiger partial charge in [0.05, 0.1) is 22.8 Å². The molecule has 474 valence electrons. The smallest absolute Gasteiger partial charge is 0.258 e. The molecular formula is C76H58Br4N12O4. The molecule has 2 aliphatic heterocycles. The highest BCUT2D eigenvalue weighted by Crippen LogP contribution is 2.44. The molecule has 7 aromatic heterocycles. The lowest BCUT2D eigenvalue weighted by molar-refractivity contribution is 0.0980. The first-order valence-electron chi connectivity index (χ1n) is 31.0. The Morgan fingerprint density at radius 3 is 0.719 bits per heavy atom. The second kappa shape index (κ2) is 28.1. The summed E-state index contributed by atoms with van der Waals surface area (Å²) in [6.07, 6.45) is 21.2. The molecule has 0 saturated carbocycles. The van der Waals surface area contributed by atoms with Crippen molar-refractivity contribution >= 4 is 156 Å². The van der Waals surface area contributed by atoms with E-state index in [1.54, 1.807) is 93.4 Å². The van der Waals surface area contributed by atoms with Gasteiger partial charge >= 0.3 is 0 Å². The van der Waals surface area contributed by atoms with E-state index in [4.69, 9.17) is 9.97 Å². The maximum absolute atomic E-state index is 14.9. The third-order valence-electron chi connectivity index (χ3n) is 16.8. The summed E-state index contributed by atoms with van der Waals surface area (Å²) < 4.78 is 2.75. The monoisotopic (exact) mass is 1520 g/mol. The minimum Gasteiger partial charge on any atom is -0.354 e. The number of rotatable bonds is 16. The van der Waals surface area contributed by atoms with Crippen molar-refractivity contribution in [2.24, 2.45) is 0 Å². The molecule has 0 aliphatic carbocycles. The maximum Gasteiger partial charge on any atom is 0.258 e. The van der Waals surface area contributed by atoms with Gasteiger partial charge in [0.25, 0.3) is 23.6 Å². The van der Waals surface area contributed by atoms with Crippen LogP contribution in [0.15, 0.2) is 213 Å². The second-order valence-electron chi connectivity index (χ2n) is 22.3. The lowest BCUT2D eigenvalue weighted by Crippen LogP contribution is -2.30. The standard InChI is InChI=1S/C76H58Br4N12O4/c1-5-89(49-25-33-81-34-26-49)73(93)45-9-13-57(77)53(41-45)69-61-17-19-63(85-61)70(54-42-46(10-14-58(54)78)74(94)90(6-2)50-27-35-82-36-28-50)65-21-23-67(87-65)72(56-44-48(12-16-60(56)80)76(96)92(8-4)52-31-39-84-40-32-52)68-24-22-66(88-68)71(64-20-18-62(69)86-64)55-43-47(11-15-59(55)79)75(95)91(7-3)51-29-37-83-38-30-51/h9-44,85,88H,5-8H2,1-4H3. The van der Waals surface area contributed by atoms with Crippen LogP contribution in [0.1, 0.15) is 91.9 Å². The molecule has 96 heavy (non-hydrogen) atoms. The highest BCUT2D eigenvalue weighted by molar-refractivity contribution is 9.11. The molecule has 0 atom stereocenters. The van der Waals surface area contributed by atoms with Gasteiger partial charge in [0.1, 0.15) is 0 Å². The van der Waals surface area contributed by atoms with Crippen LogP contribution in [0.4, 0.5) is 22.7 Å². The Bertz CT molecular complexity index is 4500. The Labute approximate surface area is 587 Å². The number of halogens is 4. The zero-order valence-corrected chi connectivity index (χ0v) is 58.6. The first-order chi connectivity index (χ1) is 46.7. The van der Waals surface area contributed by atoms with Crippen LogP contribution < -0.4 is 19.6 Å². The minimum atomic E-state index is -0.217. The third kappa shape index (κ3) is 12.6. The molecule has 8 bridgehead atoms. The number of anilines is 4. The first kappa shape index (κ1) is 64.6. The fourth-order valence-corrected chi connectivity index (χ4v) is 14.0. The van der Waals surface area contributed by atoms with Crippen LogP contribution in [-0.2, 0) is 0 Å². The van der Waals surface area contributed by atoms with Crippen molar-refractivity contribution in [2.45, 2.75) is 27.7 Å². The summed E-state index contributed by atoms with van der Waals surface area (Å²) in [5, 5.41) is 0. The number of fused-ring (bicyclic) bond motifs is 8. The quantitative estimate of drug-likeness (QED) is 0.0941. The highest BCUT2D eigenvalue weighted by Gasteiger charge is 2.28. The number of nitrogens with one attached hydrogen (secondary N) is 2. The van der Waals surface area contributed by atoms with E-state index >= 15 is 0 Å². The molecule has 9 heterocycles. The van der Waals surface area contributed by atoms with E-state index in [0.717, 1.165) is 0 Å². The third-order valence-corrected chi connectivity index (χ3v) is 19.6. The van der Waals surface area contributed by atoms with Gasteiger partial charge in [0.2, 0.25) is 0 Å². The maximum atomic E-state index is 14.9. The van der Waals surface area contributed by atoms with Crippen molar-refractivity contribution in [3.63, 3.8) is 0 Å². The number of benzene rings is 4. The Morgan fingerprint density at radius 1 is 0.312 bits per heavy atom. The van der Waals surface area contributed by atoms with Crippen LogP contribution >= 0.6 is 63.7 Å². The van der Waals surface area contributed by atoms with Gasteiger partial charge in [-0.15, -0.1) is 0 Å². The second-order valence-corrected chi connectivity index (χ2v) is 25.7. The molecule has 0 radical (unpaired) electrons. The predicted molar refractivity (Wildman–Crippen MR) is 398 cm³/mol. The van der Waals surface area contributed by atoms with Crippen LogP contribution in [0.5, 0.6) is 0 Å². The number of H-pyrrole nitrogens is 2. The minimum absolute atomic E-state index is 0.217. The first-order valence-corrected chi connectivity index (χ1v) is 34.2. The van der Waals surface area contributed by atoms with Crippen LogP contribution in [0, 0.1) is 0 Å². The van der Waals surface area contributed by atoms with Crippen LogP contribution in [0.2, 0.25) is 0 Å². The van der Waals surface area contributed by atoms with Crippen molar-refractivity contribution in [1.29, 1.82) is 0 Å².